The van der Waals surface area contributed by atoms with Crippen LogP contribution in [0.25, 0.3) is 0 Å². The van der Waals surface area contributed by atoms with E-state index in [9.17, 15) is 0 Å². The first-order valence-corrected chi connectivity index (χ1v) is 7.03. The van der Waals surface area contributed by atoms with Crippen molar-refractivity contribution in [2.24, 2.45) is 5.92 Å². The molecule has 0 radical (unpaired) electrons. The molecule has 1 heterocycles. The van der Waals surface area contributed by atoms with E-state index in [-0.39, 0.29) is 0 Å². The van der Waals surface area contributed by atoms with Crippen LogP contribution in [0.1, 0.15) is 37.9 Å². The Kier molecular flexibility index (Phi) is 4.27. The van der Waals surface area contributed by atoms with E-state index < -0.39 is 0 Å². The monoisotopic (exact) mass is 252 g/mol. The number of fused-ring (bicyclic) bond motifs is 1. The van der Waals surface area contributed by atoms with Crippen molar-refractivity contribution in [3.05, 3.63) is 23.4 Å². The molecule has 1 aromatic rings. The van der Waals surface area contributed by atoms with Gasteiger partial charge in [-0.3, -0.25) is 0 Å². The summed E-state index contributed by atoms with van der Waals surface area (Å²) in [4.78, 5) is 4.68. The summed E-state index contributed by atoms with van der Waals surface area (Å²) in [7, 11) is 0. The Morgan fingerprint density at radius 2 is 2.18 bits per heavy atom. The molecule has 0 aromatic carbocycles. The molecule has 1 unspecified atom stereocenters. The molecule has 0 saturated carbocycles. The fourth-order valence-electron chi connectivity index (χ4n) is 2.44. The number of anilines is 1. The van der Waals surface area contributed by atoms with Gasteiger partial charge in [0, 0.05) is 17.6 Å². The van der Waals surface area contributed by atoms with Crippen LogP contribution in [-0.4, -0.2) is 16.9 Å². The van der Waals surface area contributed by atoms with Gasteiger partial charge in [0.15, 0.2) is 0 Å². The molecule has 0 spiro atoms. The maximum absolute atomic E-state index is 5.99. The Morgan fingerprint density at radius 3 is 2.88 bits per heavy atom. The molecule has 1 atom stereocenters. The lowest BCUT2D eigenvalue weighted by Crippen LogP contribution is -2.24. The van der Waals surface area contributed by atoms with Crippen molar-refractivity contribution in [3.63, 3.8) is 0 Å². The summed E-state index contributed by atoms with van der Waals surface area (Å²) in [6.45, 7) is 4.44. The van der Waals surface area contributed by atoms with Crippen LogP contribution in [0.3, 0.4) is 0 Å². The maximum Gasteiger partial charge on any atom is 0.126 e. The summed E-state index contributed by atoms with van der Waals surface area (Å²) < 4.78 is 0. The molecule has 1 aliphatic rings. The first-order chi connectivity index (χ1) is 8.19. The highest BCUT2D eigenvalue weighted by atomic mass is 35.5. The van der Waals surface area contributed by atoms with E-state index in [4.69, 9.17) is 11.6 Å². The molecule has 0 saturated heterocycles. The molecule has 1 aliphatic carbocycles. The van der Waals surface area contributed by atoms with Crippen LogP contribution in [0.5, 0.6) is 0 Å². The number of hydrogen-bond donors (Lipinski definition) is 1. The molecule has 0 amide bonds. The van der Waals surface area contributed by atoms with Gasteiger partial charge < -0.3 is 5.32 Å². The molecule has 17 heavy (non-hydrogen) atoms. The van der Waals surface area contributed by atoms with Crippen LogP contribution in [0.2, 0.25) is 0 Å². The van der Waals surface area contributed by atoms with Crippen LogP contribution >= 0.6 is 11.6 Å². The number of nitrogens with one attached hydrogen (secondary N) is 1. The number of nitrogens with zero attached hydrogens (tertiary/aromatic N) is 1. The largest absolute Gasteiger partial charge is 0.366 e. The van der Waals surface area contributed by atoms with Crippen molar-refractivity contribution in [2.75, 3.05) is 11.2 Å². The smallest absolute Gasteiger partial charge is 0.126 e. The predicted octanol–water partition coefficient (Wildman–Crippen LogP) is 3.64. The first kappa shape index (κ1) is 12.7. The Labute approximate surface area is 109 Å². The van der Waals surface area contributed by atoms with Gasteiger partial charge in [-0.1, -0.05) is 19.9 Å². The number of hydrogen-bond acceptors (Lipinski definition) is 2. The molecular weight excluding hydrogens is 232 g/mol. The second kappa shape index (κ2) is 5.72. The van der Waals surface area contributed by atoms with Gasteiger partial charge in [0.2, 0.25) is 0 Å². The summed E-state index contributed by atoms with van der Waals surface area (Å²) in [5.41, 5.74) is 2.69. The number of halogens is 1. The normalized spacial score (nSPS) is 16.0. The van der Waals surface area contributed by atoms with E-state index in [0.29, 0.717) is 17.8 Å². The Balaban J connectivity index is 2.02. The quantitative estimate of drug-likeness (QED) is 0.810. The number of pyridine rings is 1. The molecule has 2 nitrogen and oxygen atoms in total. The van der Waals surface area contributed by atoms with Crippen LogP contribution in [0.4, 0.5) is 5.82 Å². The molecular formula is C14H21ClN2. The van der Waals surface area contributed by atoms with Gasteiger partial charge in [-0.15, -0.1) is 11.6 Å². The fourth-order valence-corrected chi connectivity index (χ4v) is 2.64. The van der Waals surface area contributed by atoms with Gasteiger partial charge in [0.25, 0.3) is 0 Å². The lowest BCUT2D eigenvalue weighted by molar-refractivity contribution is 0.541. The van der Waals surface area contributed by atoms with E-state index in [1.165, 1.54) is 24.1 Å². The highest BCUT2D eigenvalue weighted by molar-refractivity contribution is 6.18. The standard InChI is InChI=1S/C14H21ClN2/c1-10(2)8-12(9-15)16-14-7-6-11-4-3-5-13(11)17-14/h6-7,10,12H,3-5,8-9H2,1-2H3,(H,16,17). The first-order valence-electron chi connectivity index (χ1n) is 6.50. The Morgan fingerprint density at radius 1 is 1.35 bits per heavy atom. The minimum absolute atomic E-state index is 0.323. The number of aromatic nitrogens is 1. The van der Waals surface area contributed by atoms with Gasteiger partial charge in [0.05, 0.1) is 0 Å². The highest BCUT2D eigenvalue weighted by Crippen LogP contribution is 2.22. The average Bonchev–Trinajstić information content (AvgIpc) is 2.74. The third kappa shape index (κ3) is 3.35. The second-order valence-electron chi connectivity index (χ2n) is 5.28. The van der Waals surface area contributed by atoms with Crippen LogP contribution in [0, 0.1) is 5.92 Å². The molecule has 0 fully saturated rings. The van der Waals surface area contributed by atoms with Crippen molar-refractivity contribution in [1.82, 2.24) is 4.98 Å². The van der Waals surface area contributed by atoms with Crippen molar-refractivity contribution in [1.29, 1.82) is 0 Å². The Bertz CT molecular complexity index is 376. The minimum atomic E-state index is 0.323. The zero-order valence-electron chi connectivity index (χ0n) is 10.7. The summed E-state index contributed by atoms with van der Waals surface area (Å²) in [6.07, 6.45) is 4.65. The molecule has 1 aromatic heterocycles. The SMILES string of the molecule is CC(C)CC(CCl)Nc1ccc2c(n1)CCC2. The predicted molar refractivity (Wildman–Crippen MR) is 73.8 cm³/mol. The summed E-state index contributed by atoms with van der Waals surface area (Å²) in [5, 5.41) is 3.45. The van der Waals surface area contributed by atoms with Crippen molar-refractivity contribution < 1.29 is 0 Å². The van der Waals surface area contributed by atoms with E-state index in [1.54, 1.807) is 0 Å². The average molecular weight is 253 g/mol. The van der Waals surface area contributed by atoms with Crippen molar-refractivity contribution in [2.45, 2.75) is 45.6 Å². The molecule has 94 valence electrons. The zero-order chi connectivity index (χ0) is 12.3. The number of alkyl halides is 1. The summed E-state index contributed by atoms with van der Waals surface area (Å²) >= 11 is 5.99. The van der Waals surface area contributed by atoms with Crippen molar-refractivity contribution in [3.8, 4) is 0 Å². The second-order valence-corrected chi connectivity index (χ2v) is 5.59. The zero-order valence-corrected chi connectivity index (χ0v) is 11.4. The minimum Gasteiger partial charge on any atom is -0.366 e. The van der Waals surface area contributed by atoms with Gasteiger partial charge in [0.1, 0.15) is 5.82 Å². The van der Waals surface area contributed by atoms with Gasteiger partial charge >= 0.3 is 0 Å². The van der Waals surface area contributed by atoms with Crippen molar-refractivity contribution >= 4 is 17.4 Å². The fraction of sp³-hybridized carbons (Fsp3) is 0.643. The maximum atomic E-state index is 5.99. The van der Waals surface area contributed by atoms with Crippen LogP contribution < -0.4 is 5.32 Å². The summed E-state index contributed by atoms with van der Waals surface area (Å²) in [5.74, 6) is 2.27. The van der Waals surface area contributed by atoms with E-state index in [0.717, 1.165) is 18.7 Å². The van der Waals surface area contributed by atoms with Gasteiger partial charge in [-0.25, -0.2) is 4.98 Å². The van der Waals surface area contributed by atoms with Gasteiger partial charge in [-0.05, 0) is 43.2 Å². The molecule has 0 bridgehead atoms. The van der Waals surface area contributed by atoms with E-state index >= 15 is 0 Å². The van der Waals surface area contributed by atoms with E-state index in [2.05, 4.69) is 36.3 Å². The summed E-state index contributed by atoms with van der Waals surface area (Å²) in [6, 6.07) is 4.62. The molecule has 2 rings (SSSR count). The van der Waals surface area contributed by atoms with Gasteiger partial charge in [-0.2, -0.15) is 0 Å². The topological polar surface area (TPSA) is 24.9 Å². The molecule has 0 aliphatic heterocycles. The Hall–Kier alpha value is -0.760. The third-order valence-corrected chi connectivity index (χ3v) is 3.59. The number of rotatable bonds is 5. The third-order valence-electron chi connectivity index (χ3n) is 3.22. The van der Waals surface area contributed by atoms with Crippen LogP contribution in [0.15, 0.2) is 12.1 Å². The lowest BCUT2D eigenvalue weighted by Gasteiger charge is -2.19. The van der Waals surface area contributed by atoms with Crippen LogP contribution in [-0.2, 0) is 12.8 Å². The molecule has 1 N–H and O–H groups in total. The number of aryl methyl sites for hydroxylation is 2. The highest BCUT2D eigenvalue weighted by Gasteiger charge is 2.14. The lowest BCUT2D eigenvalue weighted by atomic mass is 10.1. The molecule has 3 heteroatoms. The van der Waals surface area contributed by atoms with E-state index in [1.807, 2.05) is 0 Å².